The van der Waals surface area contributed by atoms with E-state index in [1.807, 2.05) is 17.1 Å². The Labute approximate surface area is 132 Å². The molecule has 3 heterocycles. The normalized spacial score (nSPS) is 23.3. The van der Waals surface area contributed by atoms with Gasteiger partial charge in [-0.3, -0.25) is 9.58 Å². The minimum absolute atomic E-state index is 0.468. The molecule has 5 heteroatoms. The van der Waals surface area contributed by atoms with Gasteiger partial charge in [0.1, 0.15) is 0 Å². The van der Waals surface area contributed by atoms with Gasteiger partial charge in [-0.05, 0) is 57.1 Å². The molecule has 0 spiro atoms. The first-order chi connectivity index (χ1) is 10.6. The van der Waals surface area contributed by atoms with Crippen LogP contribution in [-0.4, -0.2) is 51.7 Å². The van der Waals surface area contributed by atoms with E-state index in [0.29, 0.717) is 12.0 Å². The molecule has 0 radical (unpaired) electrons. The molecule has 1 aliphatic rings. The van der Waals surface area contributed by atoms with Crippen molar-refractivity contribution in [3.8, 4) is 0 Å². The van der Waals surface area contributed by atoms with Gasteiger partial charge in [0.15, 0.2) is 0 Å². The molecule has 0 aliphatic carbocycles. The van der Waals surface area contributed by atoms with Gasteiger partial charge in [-0.2, -0.15) is 5.10 Å². The number of H-pyrrole nitrogens is 1. The summed E-state index contributed by atoms with van der Waals surface area (Å²) in [5.41, 5.74) is 2.69. The second kappa shape index (κ2) is 6.67. The zero-order valence-corrected chi connectivity index (χ0v) is 13.9. The van der Waals surface area contributed by atoms with Gasteiger partial charge in [0.05, 0.1) is 11.7 Å². The second-order valence-electron chi connectivity index (χ2n) is 6.62. The third kappa shape index (κ3) is 3.25. The predicted molar refractivity (Wildman–Crippen MR) is 88.4 cm³/mol. The lowest BCUT2D eigenvalue weighted by molar-refractivity contribution is 0.0873. The van der Waals surface area contributed by atoms with Crippen molar-refractivity contribution in [2.75, 3.05) is 27.2 Å². The molecule has 0 unspecified atom stereocenters. The lowest BCUT2D eigenvalue weighted by Gasteiger charge is -2.40. The number of piperidine rings is 1. The number of likely N-dealkylation sites (tertiary alicyclic amines) is 1. The number of aromatic nitrogens is 3. The molecule has 3 rings (SSSR count). The largest absolute Gasteiger partial charge is 0.367 e. The van der Waals surface area contributed by atoms with Crippen molar-refractivity contribution in [3.05, 3.63) is 42.0 Å². The topological polar surface area (TPSA) is 40.1 Å². The van der Waals surface area contributed by atoms with Gasteiger partial charge in [0.2, 0.25) is 0 Å². The summed E-state index contributed by atoms with van der Waals surface area (Å²) in [6.07, 6.45) is 8.57. The highest BCUT2D eigenvalue weighted by Crippen LogP contribution is 2.35. The molecule has 0 amide bonds. The smallest absolute Gasteiger partial charge is 0.0555 e. The standard InChI is InChI=1S/C17H27N5/c1-20(12-14-6-8-18-11-14)13-15-5-4-10-21(2)17(15)16-7-9-19-22(16)3/h6-9,11,15,17-18H,4-5,10,12-13H2,1-3H3/t15-,17+/m0/s1. The molecule has 5 nitrogen and oxygen atoms in total. The first kappa shape index (κ1) is 15.3. The summed E-state index contributed by atoms with van der Waals surface area (Å²) in [6.45, 7) is 3.29. The van der Waals surface area contributed by atoms with Gasteiger partial charge >= 0.3 is 0 Å². The summed E-state index contributed by atoms with van der Waals surface area (Å²) in [6, 6.07) is 4.79. The van der Waals surface area contributed by atoms with E-state index in [1.54, 1.807) is 0 Å². The van der Waals surface area contributed by atoms with E-state index in [9.17, 15) is 0 Å². The van der Waals surface area contributed by atoms with Crippen LogP contribution in [-0.2, 0) is 13.6 Å². The molecule has 22 heavy (non-hydrogen) atoms. The number of hydrogen-bond donors (Lipinski definition) is 1. The highest BCUT2D eigenvalue weighted by atomic mass is 15.3. The van der Waals surface area contributed by atoms with Gasteiger partial charge in [0, 0.05) is 38.7 Å². The first-order valence-electron chi connectivity index (χ1n) is 8.13. The third-order valence-electron chi connectivity index (χ3n) is 4.83. The fraction of sp³-hybridized carbons (Fsp3) is 0.588. The fourth-order valence-electron chi connectivity index (χ4n) is 3.83. The highest BCUT2D eigenvalue weighted by molar-refractivity contribution is 5.11. The Morgan fingerprint density at radius 1 is 1.36 bits per heavy atom. The zero-order chi connectivity index (χ0) is 15.5. The van der Waals surface area contributed by atoms with Crippen LogP contribution in [0.3, 0.4) is 0 Å². The molecule has 0 saturated carbocycles. The van der Waals surface area contributed by atoms with Gasteiger partial charge in [-0.25, -0.2) is 0 Å². The van der Waals surface area contributed by atoms with Crippen molar-refractivity contribution < 1.29 is 0 Å². The van der Waals surface area contributed by atoms with Crippen molar-refractivity contribution in [1.29, 1.82) is 0 Å². The Morgan fingerprint density at radius 2 is 2.23 bits per heavy atom. The molecule has 1 fully saturated rings. The Hall–Kier alpha value is -1.59. The van der Waals surface area contributed by atoms with Gasteiger partial charge in [-0.15, -0.1) is 0 Å². The van der Waals surface area contributed by atoms with Crippen LogP contribution < -0.4 is 0 Å². The van der Waals surface area contributed by atoms with Crippen LogP contribution in [0.25, 0.3) is 0 Å². The molecular weight excluding hydrogens is 274 g/mol. The predicted octanol–water partition coefficient (Wildman–Crippen LogP) is 2.26. The average molecular weight is 301 g/mol. The number of hydrogen-bond acceptors (Lipinski definition) is 3. The van der Waals surface area contributed by atoms with E-state index in [2.05, 4.69) is 59.4 Å². The maximum atomic E-state index is 4.37. The van der Waals surface area contributed by atoms with Crippen molar-refractivity contribution in [2.24, 2.45) is 13.0 Å². The van der Waals surface area contributed by atoms with Crippen LogP contribution in [0, 0.1) is 5.92 Å². The van der Waals surface area contributed by atoms with E-state index in [1.165, 1.54) is 30.6 Å². The number of rotatable bonds is 5. The number of aromatic amines is 1. The van der Waals surface area contributed by atoms with Crippen LogP contribution >= 0.6 is 0 Å². The van der Waals surface area contributed by atoms with Crippen LogP contribution in [0.2, 0.25) is 0 Å². The number of nitrogens with one attached hydrogen (secondary N) is 1. The molecule has 1 saturated heterocycles. The van der Waals surface area contributed by atoms with Crippen LogP contribution in [0.1, 0.15) is 30.1 Å². The summed E-state index contributed by atoms with van der Waals surface area (Å²) >= 11 is 0. The van der Waals surface area contributed by atoms with Gasteiger partial charge in [0.25, 0.3) is 0 Å². The molecule has 0 bridgehead atoms. The molecular formula is C17H27N5. The second-order valence-corrected chi connectivity index (χ2v) is 6.62. The minimum atomic E-state index is 0.468. The molecule has 2 aromatic heterocycles. The Balaban J connectivity index is 1.71. The average Bonchev–Trinajstić information content (AvgIpc) is 3.11. The molecule has 2 atom stereocenters. The summed E-state index contributed by atoms with van der Waals surface area (Å²) in [7, 11) is 6.52. The number of aryl methyl sites for hydroxylation is 1. The fourth-order valence-corrected chi connectivity index (χ4v) is 3.83. The van der Waals surface area contributed by atoms with E-state index >= 15 is 0 Å². The van der Waals surface area contributed by atoms with Crippen LogP contribution in [0.4, 0.5) is 0 Å². The van der Waals surface area contributed by atoms with E-state index in [-0.39, 0.29) is 0 Å². The maximum Gasteiger partial charge on any atom is 0.0555 e. The number of nitrogens with zero attached hydrogens (tertiary/aromatic N) is 4. The molecule has 0 aromatic carbocycles. The molecule has 1 aliphatic heterocycles. The molecule has 1 N–H and O–H groups in total. The summed E-state index contributed by atoms with van der Waals surface area (Å²) in [4.78, 5) is 8.07. The van der Waals surface area contributed by atoms with Crippen molar-refractivity contribution in [1.82, 2.24) is 24.6 Å². The van der Waals surface area contributed by atoms with Crippen molar-refractivity contribution in [3.63, 3.8) is 0 Å². The van der Waals surface area contributed by atoms with Gasteiger partial charge < -0.3 is 9.88 Å². The monoisotopic (exact) mass is 301 g/mol. The Kier molecular flexibility index (Phi) is 4.64. The Bertz CT molecular complexity index is 574. The van der Waals surface area contributed by atoms with Crippen LogP contribution in [0.5, 0.6) is 0 Å². The summed E-state index contributed by atoms with van der Waals surface area (Å²) < 4.78 is 2.03. The summed E-state index contributed by atoms with van der Waals surface area (Å²) in [5.74, 6) is 0.651. The van der Waals surface area contributed by atoms with Crippen molar-refractivity contribution >= 4 is 0 Å². The minimum Gasteiger partial charge on any atom is -0.367 e. The van der Waals surface area contributed by atoms with E-state index in [0.717, 1.165) is 13.1 Å². The maximum absolute atomic E-state index is 4.37. The Morgan fingerprint density at radius 3 is 2.91 bits per heavy atom. The highest BCUT2D eigenvalue weighted by Gasteiger charge is 2.32. The zero-order valence-electron chi connectivity index (χ0n) is 13.9. The molecule has 120 valence electrons. The lowest BCUT2D eigenvalue weighted by Crippen LogP contribution is -2.41. The quantitative estimate of drug-likeness (QED) is 0.921. The van der Waals surface area contributed by atoms with Crippen molar-refractivity contribution in [2.45, 2.75) is 25.4 Å². The van der Waals surface area contributed by atoms with Gasteiger partial charge in [-0.1, -0.05) is 0 Å². The first-order valence-corrected chi connectivity index (χ1v) is 8.13. The summed E-state index contributed by atoms with van der Waals surface area (Å²) in [5, 5.41) is 4.37. The van der Waals surface area contributed by atoms with E-state index in [4.69, 9.17) is 0 Å². The molecule has 2 aromatic rings. The van der Waals surface area contributed by atoms with Crippen LogP contribution in [0.15, 0.2) is 30.7 Å². The van der Waals surface area contributed by atoms with E-state index < -0.39 is 0 Å². The third-order valence-corrected chi connectivity index (χ3v) is 4.83. The SMILES string of the molecule is CN(Cc1cc[nH]c1)C[C@@H]1CCCN(C)[C@H]1c1ccnn1C. The lowest BCUT2D eigenvalue weighted by atomic mass is 9.87.